The lowest BCUT2D eigenvalue weighted by molar-refractivity contribution is 0.123. The zero-order valence-corrected chi connectivity index (χ0v) is 7.35. The highest BCUT2D eigenvalue weighted by atomic mass is 79.9. The Kier molecular flexibility index (Phi) is 5.33. The first-order chi connectivity index (χ1) is 4.70. The van der Waals surface area contributed by atoms with Crippen molar-refractivity contribution in [1.29, 1.82) is 0 Å². The minimum atomic E-state index is -0.525. The van der Waals surface area contributed by atoms with E-state index >= 15 is 0 Å². The lowest BCUT2D eigenvalue weighted by atomic mass is 10.4. The lowest BCUT2D eigenvalue weighted by Crippen LogP contribution is -2.37. The number of ether oxygens (including phenoxy) is 1. The number of hydrogen-bond acceptors (Lipinski definition) is 2. The predicted molar refractivity (Wildman–Crippen MR) is 42.2 cm³/mol. The van der Waals surface area contributed by atoms with Crippen LogP contribution in [0.2, 0.25) is 0 Å². The van der Waals surface area contributed by atoms with Gasteiger partial charge in [-0.15, -0.1) is 0 Å². The average Bonchev–Trinajstić information content (AvgIpc) is 1.90. The number of methoxy groups -OCH3 is 1. The molecule has 1 atom stereocenters. The lowest BCUT2D eigenvalue weighted by Gasteiger charge is -2.10. The number of hydrogen-bond donors (Lipinski definition) is 2. The SMILES string of the molecule is COC(CBr)CNC(N)=O. The maximum absolute atomic E-state index is 10.2. The summed E-state index contributed by atoms with van der Waals surface area (Å²) in [6.45, 7) is 0.442. The molecule has 0 bridgehead atoms. The molecule has 5 heteroatoms. The summed E-state index contributed by atoms with van der Waals surface area (Å²) < 4.78 is 4.93. The van der Waals surface area contributed by atoms with Gasteiger partial charge >= 0.3 is 6.03 Å². The third-order valence-corrected chi connectivity index (χ3v) is 1.73. The molecule has 0 aliphatic heterocycles. The van der Waals surface area contributed by atoms with Gasteiger partial charge in [0.1, 0.15) is 0 Å². The van der Waals surface area contributed by atoms with E-state index in [1.54, 1.807) is 7.11 Å². The van der Waals surface area contributed by atoms with Crippen molar-refractivity contribution >= 4 is 22.0 Å². The van der Waals surface area contributed by atoms with Crippen LogP contribution >= 0.6 is 15.9 Å². The first-order valence-electron chi connectivity index (χ1n) is 2.82. The van der Waals surface area contributed by atoms with Crippen molar-refractivity contribution in [1.82, 2.24) is 5.32 Å². The second-order valence-corrected chi connectivity index (χ2v) is 2.40. The molecule has 3 N–H and O–H groups in total. The monoisotopic (exact) mass is 210 g/mol. The van der Waals surface area contributed by atoms with E-state index in [0.29, 0.717) is 11.9 Å². The van der Waals surface area contributed by atoms with Crippen molar-refractivity contribution in [3.05, 3.63) is 0 Å². The molecule has 0 aromatic carbocycles. The molecule has 4 nitrogen and oxygen atoms in total. The summed E-state index contributed by atoms with van der Waals surface area (Å²) in [5.41, 5.74) is 4.83. The van der Waals surface area contributed by atoms with E-state index in [4.69, 9.17) is 10.5 Å². The van der Waals surface area contributed by atoms with Gasteiger partial charge in [0.05, 0.1) is 6.10 Å². The van der Waals surface area contributed by atoms with Gasteiger partial charge in [0.25, 0.3) is 0 Å². The molecule has 0 radical (unpaired) electrons. The third-order valence-electron chi connectivity index (χ3n) is 1.01. The summed E-state index contributed by atoms with van der Waals surface area (Å²) in [5.74, 6) is 0. The highest BCUT2D eigenvalue weighted by Gasteiger charge is 2.04. The highest BCUT2D eigenvalue weighted by Crippen LogP contribution is 1.92. The zero-order chi connectivity index (χ0) is 7.98. The molecule has 0 heterocycles. The molecule has 0 saturated heterocycles. The van der Waals surface area contributed by atoms with E-state index in [2.05, 4.69) is 21.2 Å². The second kappa shape index (κ2) is 5.49. The smallest absolute Gasteiger partial charge is 0.312 e. The minimum Gasteiger partial charge on any atom is -0.379 e. The fourth-order valence-electron chi connectivity index (χ4n) is 0.415. The molecule has 0 aromatic heterocycles. The highest BCUT2D eigenvalue weighted by molar-refractivity contribution is 9.09. The zero-order valence-electron chi connectivity index (χ0n) is 5.76. The van der Waals surface area contributed by atoms with E-state index in [-0.39, 0.29) is 6.10 Å². The normalized spacial score (nSPS) is 12.6. The van der Waals surface area contributed by atoms with E-state index < -0.39 is 6.03 Å². The summed E-state index contributed by atoms with van der Waals surface area (Å²) in [6, 6.07) is -0.525. The largest absolute Gasteiger partial charge is 0.379 e. The fraction of sp³-hybridized carbons (Fsp3) is 0.800. The Morgan fingerprint density at radius 2 is 2.50 bits per heavy atom. The van der Waals surface area contributed by atoms with Gasteiger partial charge in [0.15, 0.2) is 0 Å². The fourth-order valence-corrected chi connectivity index (χ4v) is 0.909. The number of nitrogens with two attached hydrogens (primary N) is 1. The maximum Gasteiger partial charge on any atom is 0.312 e. The van der Waals surface area contributed by atoms with Gasteiger partial charge in [-0.05, 0) is 0 Å². The van der Waals surface area contributed by atoms with Crippen LogP contribution in [0.15, 0.2) is 0 Å². The molecule has 0 spiro atoms. The van der Waals surface area contributed by atoms with Crippen LogP contribution in [-0.2, 0) is 4.74 Å². The van der Waals surface area contributed by atoms with E-state index in [0.717, 1.165) is 0 Å². The Morgan fingerprint density at radius 1 is 1.90 bits per heavy atom. The molecule has 2 amide bonds. The van der Waals surface area contributed by atoms with Crippen LogP contribution in [0, 0.1) is 0 Å². The van der Waals surface area contributed by atoms with Gasteiger partial charge in [0.2, 0.25) is 0 Å². The molecule has 0 aliphatic carbocycles. The Morgan fingerprint density at radius 3 is 2.80 bits per heavy atom. The van der Waals surface area contributed by atoms with Crippen LogP contribution in [-0.4, -0.2) is 31.1 Å². The van der Waals surface area contributed by atoms with Crippen molar-refractivity contribution in [2.75, 3.05) is 19.0 Å². The third kappa shape index (κ3) is 4.58. The molecular weight excluding hydrogens is 200 g/mol. The number of nitrogens with one attached hydrogen (secondary N) is 1. The topological polar surface area (TPSA) is 64.3 Å². The van der Waals surface area contributed by atoms with Crippen LogP contribution in [0.25, 0.3) is 0 Å². The molecule has 0 fully saturated rings. The molecular formula is C5H11BrN2O2. The van der Waals surface area contributed by atoms with Gasteiger partial charge in [-0.2, -0.15) is 0 Å². The summed E-state index contributed by atoms with van der Waals surface area (Å²) in [5, 5.41) is 3.12. The van der Waals surface area contributed by atoms with E-state index in [1.165, 1.54) is 0 Å². The summed E-state index contributed by atoms with van der Waals surface area (Å²) >= 11 is 3.21. The molecule has 60 valence electrons. The van der Waals surface area contributed by atoms with Crippen molar-refractivity contribution in [2.24, 2.45) is 5.73 Å². The van der Waals surface area contributed by atoms with Crippen LogP contribution in [0.5, 0.6) is 0 Å². The maximum atomic E-state index is 10.2. The van der Waals surface area contributed by atoms with Crippen LogP contribution in [0.4, 0.5) is 4.79 Å². The molecule has 0 aromatic rings. The Labute approximate surface area is 68.2 Å². The molecule has 10 heavy (non-hydrogen) atoms. The Bertz CT molecular complexity index is 106. The quantitative estimate of drug-likeness (QED) is 0.646. The van der Waals surface area contributed by atoms with Crippen molar-refractivity contribution in [3.8, 4) is 0 Å². The van der Waals surface area contributed by atoms with Crippen LogP contribution in [0.1, 0.15) is 0 Å². The van der Waals surface area contributed by atoms with E-state index in [9.17, 15) is 4.79 Å². The number of rotatable bonds is 4. The first-order valence-corrected chi connectivity index (χ1v) is 3.95. The summed E-state index contributed by atoms with van der Waals surface area (Å²) in [6.07, 6.45) is -0.00694. The van der Waals surface area contributed by atoms with Crippen molar-refractivity contribution in [3.63, 3.8) is 0 Å². The molecule has 0 rings (SSSR count). The van der Waals surface area contributed by atoms with Gasteiger partial charge in [0, 0.05) is 19.0 Å². The molecule has 0 aliphatic rings. The van der Waals surface area contributed by atoms with E-state index in [1.807, 2.05) is 0 Å². The first kappa shape index (κ1) is 9.71. The van der Waals surface area contributed by atoms with Crippen molar-refractivity contribution < 1.29 is 9.53 Å². The number of primary amides is 1. The van der Waals surface area contributed by atoms with Gasteiger partial charge in [-0.1, -0.05) is 15.9 Å². The van der Waals surface area contributed by atoms with Crippen molar-refractivity contribution in [2.45, 2.75) is 6.10 Å². The minimum absolute atomic E-state index is 0.00694. The Balaban J connectivity index is 3.34. The second-order valence-electron chi connectivity index (χ2n) is 1.76. The number of alkyl halides is 1. The molecule has 0 saturated carbocycles. The number of amides is 2. The van der Waals surface area contributed by atoms with Gasteiger partial charge < -0.3 is 15.8 Å². The standard InChI is InChI=1S/C5H11BrN2O2/c1-10-4(2-6)3-8-5(7)9/h4H,2-3H2,1H3,(H3,7,8,9). The van der Waals surface area contributed by atoms with Crippen LogP contribution in [0.3, 0.4) is 0 Å². The summed E-state index contributed by atoms with van der Waals surface area (Å²) in [4.78, 5) is 10.2. The summed E-state index contributed by atoms with van der Waals surface area (Å²) in [7, 11) is 1.58. The number of halogens is 1. The number of carbonyl (C=O) groups is 1. The number of urea groups is 1. The van der Waals surface area contributed by atoms with Gasteiger partial charge in [-0.3, -0.25) is 0 Å². The molecule has 1 unspecified atom stereocenters. The number of carbonyl (C=O) groups excluding carboxylic acids is 1. The van der Waals surface area contributed by atoms with Gasteiger partial charge in [-0.25, -0.2) is 4.79 Å². The average molecular weight is 211 g/mol. The van der Waals surface area contributed by atoms with Crippen LogP contribution < -0.4 is 11.1 Å². The Hall–Kier alpha value is -0.290. The predicted octanol–water partition coefficient (Wildman–Crippen LogP) is 0.0646.